The Balaban J connectivity index is 1.77. The first-order valence-electron chi connectivity index (χ1n) is 10.5. The van der Waals surface area contributed by atoms with Crippen molar-refractivity contribution in [1.29, 1.82) is 0 Å². The Morgan fingerprint density at radius 3 is 2.82 bits per heavy atom. The molecule has 174 valence electrons. The maximum Gasteiger partial charge on any atom is 0.167 e. The minimum atomic E-state index is -1.10. The molecule has 1 aromatic heterocycles. The summed E-state index contributed by atoms with van der Waals surface area (Å²) in [5.41, 5.74) is 8.67. The average molecular weight is 491 g/mol. The molecule has 3 heterocycles. The van der Waals surface area contributed by atoms with Gasteiger partial charge in [-0.15, -0.1) is 0 Å². The second-order valence-corrected chi connectivity index (χ2v) is 8.62. The standard InChI is InChI=1S/C24H25Cl2FN4O2/c1-14(22-18(25)3-4-19(27)23(22)26)33-21-11-15(17-13-30-10-7-20(17)32-2)12-31-24(21,28)16-5-8-29-9-6-16/h3-5,7,10-14,29,31H,6,8-9,28H2,1-2H3/t14?,24-/m1/s1. The molecule has 1 unspecified atom stereocenters. The molecule has 0 amide bonds. The molecule has 2 aromatic rings. The highest BCUT2D eigenvalue weighted by molar-refractivity contribution is 6.36. The molecule has 0 radical (unpaired) electrons. The summed E-state index contributed by atoms with van der Waals surface area (Å²) >= 11 is 12.6. The van der Waals surface area contributed by atoms with Crippen LogP contribution < -0.4 is 21.1 Å². The van der Waals surface area contributed by atoms with Gasteiger partial charge in [0.25, 0.3) is 0 Å². The van der Waals surface area contributed by atoms with E-state index >= 15 is 0 Å². The van der Waals surface area contributed by atoms with Gasteiger partial charge < -0.3 is 20.1 Å². The first kappa shape index (κ1) is 23.6. The van der Waals surface area contributed by atoms with Crippen LogP contribution in [0.2, 0.25) is 10.0 Å². The fraction of sp³-hybridized carbons (Fsp3) is 0.292. The number of nitrogens with one attached hydrogen (secondary N) is 2. The molecule has 0 fully saturated rings. The number of rotatable bonds is 6. The van der Waals surface area contributed by atoms with Crippen molar-refractivity contribution >= 4 is 28.8 Å². The van der Waals surface area contributed by atoms with E-state index in [0.717, 1.165) is 29.7 Å². The molecule has 2 aliphatic rings. The maximum atomic E-state index is 14.2. The lowest BCUT2D eigenvalue weighted by Crippen LogP contribution is -2.57. The lowest BCUT2D eigenvalue weighted by Gasteiger charge is -2.40. The van der Waals surface area contributed by atoms with E-state index in [1.165, 1.54) is 12.1 Å². The minimum absolute atomic E-state index is 0.0761. The molecule has 0 saturated carbocycles. The number of dihydropyridines is 1. The van der Waals surface area contributed by atoms with E-state index in [1.807, 2.05) is 18.4 Å². The van der Waals surface area contributed by atoms with Gasteiger partial charge in [0.2, 0.25) is 0 Å². The van der Waals surface area contributed by atoms with E-state index in [9.17, 15) is 4.39 Å². The molecule has 4 N–H and O–H groups in total. The zero-order valence-electron chi connectivity index (χ0n) is 18.3. The summed E-state index contributed by atoms with van der Waals surface area (Å²) in [6, 6.07) is 4.46. The topological polar surface area (TPSA) is 81.4 Å². The number of allylic oxidation sites excluding steroid dienone is 2. The summed E-state index contributed by atoms with van der Waals surface area (Å²) in [6.07, 6.45) is 9.14. The van der Waals surface area contributed by atoms with Crippen molar-refractivity contribution in [2.45, 2.75) is 25.1 Å². The minimum Gasteiger partial charge on any atom is -0.496 e. The van der Waals surface area contributed by atoms with Crippen LogP contribution in [0.25, 0.3) is 5.57 Å². The summed E-state index contributed by atoms with van der Waals surface area (Å²) in [5, 5.41) is 6.84. The van der Waals surface area contributed by atoms with Gasteiger partial charge in [-0.1, -0.05) is 29.3 Å². The van der Waals surface area contributed by atoms with E-state index in [1.54, 1.807) is 32.5 Å². The molecule has 4 rings (SSSR count). The second kappa shape index (κ2) is 9.73. The smallest absolute Gasteiger partial charge is 0.167 e. The third-order valence-corrected chi connectivity index (χ3v) is 6.52. The first-order valence-corrected chi connectivity index (χ1v) is 11.3. The number of nitrogens with zero attached hydrogens (tertiary/aromatic N) is 1. The molecule has 9 heteroatoms. The molecule has 0 aliphatic carbocycles. The number of aromatic nitrogens is 1. The van der Waals surface area contributed by atoms with Gasteiger partial charge in [-0.3, -0.25) is 10.7 Å². The molecule has 33 heavy (non-hydrogen) atoms. The monoisotopic (exact) mass is 490 g/mol. The average Bonchev–Trinajstić information content (AvgIpc) is 2.83. The Bertz CT molecular complexity index is 1150. The number of methoxy groups -OCH3 is 1. The maximum absolute atomic E-state index is 14.2. The Morgan fingerprint density at radius 2 is 2.09 bits per heavy atom. The predicted octanol–water partition coefficient (Wildman–Crippen LogP) is 4.72. The van der Waals surface area contributed by atoms with Crippen LogP contribution in [-0.2, 0) is 4.74 Å². The number of hydrogen-bond acceptors (Lipinski definition) is 6. The highest BCUT2D eigenvalue weighted by atomic mass is 35.5. The second-order valence-electron chi connectivity index (χ2n) is 7.84. The van der Waals surface area contributed by atoms with Crippen LogP contribution >= 0.6 is 23.2 Å². The van der Waals surface area contributed by atoms with Crippen molar-refractivity contribution in [2.24, 2.45) is 5.73 Å². The van der Waals surface area contributed by atoms with E-state index < -0.39 is 17.6 Å². The van der Waals surface area contributed by atoms with Crippen LogP contribution in [0.1, 0.15) is 30.6 Å². The highest BCUT2D eigenvalue weighted by Gasteiger charge is 2.39. The normalized spacial score (nSPS) is 21.3. The van der Waals surface area contributed by atoms with Gasteiger partial charge in [-0.05, 0) is 49.7 Å². The Labute approximate surface area is 202 Å². The fourth-order valence-corrected chi connectivity index (χ4v) is 4.69. The molecule has 0 bridgehead atoms. The highest BCUT2D eigenvalue weighted by Crippen LogP contribution is 2.40. The Kier molecular flexibility index (Phi) is 6.95. The zero-order chi connectivity index (χ0) is 23.6. The largest absolute Gasteiger partial charge is 0.496 e. The van der Waals surface area contributed by atoms with Crippen LogP contribution in [-0.4, -0.2) is 30.8 Å². The third-order valence-electron chi connectivity index (χ3n) is 5.80. The van der Waals surface area contributed by atoms with Gasteiger partial charge in [-0.2, -0.15) is 0 Å². The molecule has 6 nitrogen and oxygen atoms in total. The van der Waals surface area contributed by atoms with Crippen molar-refractivity contribution < 1.29 is 13.9 Å². The third kappa shape index (κ3) is 4.59. The molecule has 0 saturated heterocycles. The lowest BCUT2D eigenvalue weighted by molar-refractivity contribution is 0.0981. The summed E-state index contributed by atoms with van der Waals surface area (Å²) in [4.78, 5) is 4.22. The summed E-state index contributed by atoms with van der Waals surface area (Å²) < 4.78 is 26.0. The Morgan fingerprint density at radius 1 is 1.27 bits per heavy atom. The molecule has 1 aromatic carbocycles. The van der Waals surface area contributed by atoms with E-state index in [2.05, 4.69) is 15.6 Å². The SMILES string of the molecule is COc1ccncc1C1=CN[C@](N)(C2=CCNCC2)C(OC(C)c2c(Cl)ccc(F)c2Cl)=C1. The van der Waals surface area contributed by atoms with E-state index in [-0.39, 0.29) is 5.02 Å². The fourth-order valence-electron chi connectivity index (χ4n) is 4.01. The van der Waals surface area contributed by atoms with Gasteiger partial charge in [0, 0.05) is 46.9 Å². The molecule has 2 atom stereocenters. The first-order chi connectivity index (χ1) is 15.8. The van der Waals surface area contributed by atoms with Gasteiger partial charge in [0.1, 0.15) is 23.4 Å². The summed E-state index contributed by atoms with van der Waals surface area (Å²) in [7, 11) is 1.60. The van der Waals surface area contributed by atoms with E-state index in [4.69, 9.17) is 38.4 Å². The Hall–Kier alpha value is -2.58. The van der Waals surface area contributed by atoms with Crippen LogP contribution in [0.4, 0.5) is 4.39 Å². The van der Waals surface area contributed by atoms with Gasteiger partial charge >= 0.3 is 0 Å². The molecular formula is C24H25Cl2FN4O2. The van der Waals surface area contributed by atoms with Gasteiger partial charge in [-0.25, -0.2) is 4.39 Å². The number of pyridine rings is 1. The number of nitrogens with two attached hydrogens (primary N) is 1. The summed E-state index contributed by atoms with van der Waals surface area (Å²) in [5.74, 6) is 0.537. The van der Waals surface area contributed by atoms with Gasteiger partial charge in [0.05, 0.1) is 12.1 Å². The van der Waals surface area contributed by atoms with Crippen molar-refractivity contribution in [3.63, 3.8) is 0 Å². The van der Waals surface area contributed by atoms with Gasteiger partial charge in [0.15, 0.2) is 5.66 Å². The van der Waals surface area contributed by atoms with Crippen LogP contribution in [0.3, 0.4) is 0 Å². The molecular weight excluding hydrogens is 466 g/mol. The number of ether oxygens (including phenoxy) is 2. The van der Waals surface area contributed by atoms with Crippen LogP contribution in [0, 0.1) is 5.82 Å². The van der Waals surface area contributed by atoms with Crippen molar-refractivity contribution in [1.82, 2.24) is 15.6 Å². The number of hydrogen-bond donors (Lipinski definition) is 3. The van der Waals surface area contributed by atoms with E-state index in [0.29, 0.717) is 28.6 Å². The zero-order valence-corrected chi connectivity index (χ0v) is 19.8. The van der Waals surface area contributed by atoms with Crippen molar-refractivity contribution in [2.75, 3.05) is 20.2 Å². The quantitative estimate of drug-likeness (QED) is 0.401. The number of halogens is 3. The molecule has 2 aliphatic heterocycles. The lowest BCUT2D eigenvalue weighted by atomic mass is 9.89. The van der Waals surface area contributed by atoms with Crippen molar-refractivity contribution in [3.8, 4) is 5.75 Å². The molecule has 0 spiro atoms. The van der Waals surface area contributed by atoms with Crippen molar-refractivity contribution in [3.05, 3.63) is 87.3 Å². The van der Waals surface area contributed by atoms with Crippen LogP contribution in [0.5, 0.6) is 5.75 Å². The van der Waals surface area contributed by atoms with Crippen LogP contribution in [0.15, 0.2) is 60.3 Å². The predicted molar refractivity (Wildman–Crippen MR) is 128 cm³/mol. The summed E-state index contributed by atoms with van der Waals surface area (Å²) in [6.45, 7) is 3.25. The number of benzene rings is 1.